The molecular weight excluding hydrogens is 328 g/mol. The van der Waals surface area contributed by atoms with Gasteiger partial charge in [0, 0.05) is 17.2 Å². The van der Waals surface area contributed by atoms with Crippen molar-refractivity contribution in [3.63, 3.8) is 0 Å². The average Bonchev–Trinajstić information content (AvgIpc) is 3.08. The molecule has 0 bridgehead atoms. The van der Waals surface area contributed by atoms with E-state index in [2.05, 4.69) is 22.1 Å². The van der Waals surface area contributed by atoms with E-state index in [1.807, 2.05) is 13.8 Å². The highest BCUT2D eigenvalue weighted by atomic mass is 16.5. The van der Waals surface area contributed by atoms with E-state index in [4.69, 9.17) is 9.15 Å². The van der Waals surface area contributed by atoms with Gasteiger partial charge >= 0.3 is 5.97 Å². The molecular formula is C21H28N2O3. The quantitative estimate of drug-likeness (QED) is 0.698. The molecule has 0 saturated heterocycles. The Kier molecular flexibility index (Phi) is 6.07. The highest BCUT2D eigenvalue weighted by Gasteiger charge is 2.25. The minimum Gasteiger partial charge on any atom is -0.466 e. The lowest BCUT2D eigenvalue weighted by Gasteiger charge is -2.28. The third-order valence-corrected chi connectivity index (χ3v) is 5.39. The largest absolute Gasteiger partial charge is 0.466 e. The number of hydrogen-bond acceptors (Lipinski definition) is 5. The summed E-state index contributed by atoms with van der Waals surface area (Å²) >= 11 is 0. The second-order valence-corrected chi connectivity index (χ2v) is 7.23. The monoisotopic (exact) mass is 356 g/mol. The molecule has 3 rings (SSSR count). The molecule has 2 aromatic heterocycles. The molecule has 2 aromatic rings. The van der Waals surface area contributed by atoms with E-state index in [0.717, 1.165) is 35.6 Å². The van der Waals surface area contributed by atoms with Gasteiger partial charge in [-0.05, 0) is 64.5 Å². The summed E-state index contributed by atoms with van der Waals surface area (Å²) in [4.78, 5) is 20.5. The standard InChI is InChI=1S/C21H28N2O3/c1-4-25-21(24)20-15(3)18(22-13-23-20)10-9-16-6-5-7-17(12-16)19-11-8-14(2)26-19/h8,11,13,16-17H,4-7,9-10,12H2,1-3H3/t16-,17-/m1/s1. The zero-order chi connectivity index (χ0) is 18.5. The van der Waals surface area contributed by atoms with Crippen LogP contribution < -0.4 is 0 Å². The number of rotatable bonds is 6. The predicted octanol–water partition coefficient (Wildman–Crippen LogP) is 4.77. The van der Waals surface area contributed by atoms with Crippen LogP contribution in [0.25, 0.3) is 0 Å². The molecule has 2 atom stereocenters. The molecule has 1 aliphatic rings. The fraction of sp³-hybridized carbons (Fsp3) is 0.571. The van der Waals surface area contributed by atoms with Crippen LogP contribution in [0.5, 0.6) is 0 Å². The maximum Gasteiger partial charge on any atom is 0.357 e. The Balaban J connectivity index is 1.62. The van der Waals surface area contributed by atoms with Gasteiger partial charge in [-0.1, -0.05) is 12.8 Å². The number of carbonyl (C=O) groups is 1. The molecule has 0 aliphatic heterocycles. The van der Waals surface area contributed by atoms with Crippen molar-refractivity contribution in [2.24, 2.45) is 5.92 Å². The van der Waals surface area contributed by atoms with E-state index >= 15 is 0 Å². The van der Waals surface area contributed by atoms with Crippen LogP contribution in [0.1, 0.15) is 78.2 Å². The lowest BCUT2D eigenvalue weighted by molar-refractivity contribution is 0.0518. The van der Waals surface area contributed by atoms with Crippen LogP contribution in [0.3, 0.4) is 0 Å². The first-order valence-corrected chi connectivity index (χ1v) is 9.62. The summed E-state index contributed by atoms with van der Waals surface area (Å²) in [6, 6.07) is 4.18. The lowest BCUT2D eigenvalue weighted by Crippen LogP contribution is -2.16. The fourth-order valence-corrected chi connectivity index (χ4v) is 3.97. The molecule has 1 aliphatic carbocycles. The number of hydrogen-bond donors (Lipinski definition) is 0. The van der Waals surface area contributed by atoms with Crippen LogP contribution in [0, 0.1) is 19.8 Å². The van der Waals surface area contributed by atoms with Crippen molar-refractivity contribution in [1.82, 2.24) is 9.97 Å². The molecule has 0 aromatic carbocycles. The number of esters is 1. The Bertz CT molecular complexity index is 753. The van der Waals surface area contributed by atoms with Gasteiger partial charge in [0.2, 0.25) is 0 Å². The van der Waals surface area contributed by atoms with Gasteiger partial charge in [-0.2, -0.15) is 0 Å². The van der Waals surface area contributed by atoms with E-state index in [1.165, 1.54) is 32.0 Å². The molecule has 5 nitrogen and oxygen atoms in total. The van der Waals surface area contributed by atoms with Gasteiger partial charge in [0.05, 0.1) is 6.61 Å². The molecule has 1 fully saturated rings. The highest BCUT2D eigenvalue weighted by Crippen LogP contribution is 2.38. The number of aryl methyl sites for hydroxylation is 2. The first kappa shape index (κ1) is 18.6. The topological polar surface area (TPSA) is 65.2 Å². The molecule has 1 saturated carbocycles. The van der Waals surface area contributed by atoms with Gasteiger partial charge in [-0.15, -0.1) is 0 Å². The van der Waals surface area contributed by atoms with Crippen LogP contribution in [-0.2, 0) is 11.2 Å². The predicted molar refractivity (Wildman–Crippen MR) is 99.2 cm³/mol. The maximum absolute atomic E-state index is 12.0. The van der Waals surface area contributed by atoms with Crippen LogP contribution in [-0.4, -0.2) is 22.5 Å². The maximum atomic E-state index is 12.0. The number of aromatic nitrogens is 2. The van der Waals surface area contributed by atoms with Crippen LogP contribution in [0.4, 0.5) is 0 Å². The van der Waals surface area contributed by atoms with Crippen molar-refractivity contribution in [1.29, 1.82) is 0 Å². The zero-order valence-corrected chi connectivity index (χ0v) is 16.0. The van der Waals surface area contributed by atoms with E-state index in [0.29, 0.717) is 24.1 Å². The van der Waals surface area contributed by atoms with Crippen molar-refractivity contribution in [3.8, 4) is 0 Å². The fourth-order valence-electron chi connectivity index (χ4n) is 3.97. The second kappa shape index (κ2) is 8.47. The van der Waals surface area contributed by atoms with E-state index in [9.17, 15) is 4.79 Å². The molecule has 0 spiro atoms. The SMILES string of the molecule is CCOC(=O)c1ncnc(CC[C@H]2CCC[C@@H](c3ccc(C)o3)C2)c1C. The molecule has 140 valence electrons. The number of nitrogens with zero attached hydrogens (tertiary/aromatic N) is 2. The average molecular weight is 356 g/mol. The summed E-state index contributed by atoms with van der Waals surface area (Å²) in [6.45, 7) is 6.07. The van der Waals surface area contributed by atoms with E-state index < -0.39 is 0 Å². The Morgan fingerprint density at radius 3 is 2.85 bits per heavy atom. The Morgan fingerprint density at radius 2 is 2.12 bits per heavy atom. The van der Waals surface area contributed by atoms with Gasteiger partial charge in [-0.3, -0.25) is 0 Å². The van der Waals surface area contributed by atoms with Crippen LogP contribution in [0.2, 0.25) is 0 Å². The second-order valence-electron chi connectivity index (χ2n) is 7.23. The Hall–Kier alpha value is -2.17. The van der Waals surface area contributed by atoms with Crippen molar-refractivity contribution in [3.05, 3.63) is 46.9 Å². The highest BCUT2D eigenvalue weighted by molar-refractivity contribution is 5.88. The molecule has 0 amide bonds. The number of ether oxygens (including phenoxy) is 1. The van der Waals surface area contributed by atoms with Crippen molar-refractivity contribution in [2.45, 2.75) is 65.2 Å². The molecule has 0 unspecified atom stereocenters. The minimum atomic E-state index is -0.362. The van der Waals surface area contributed by atoms with Gasteiger partial charge in [-0.25, -0.2) is 14.8 Å². The summed E-state index contributed by atoms with van der Waals surface area (Å²) in [5.41, 5.74) is 2.20. The summed E-state index contributed by atoms with van der Waals surface area (Å²) in [6.07, 6.45) is 8.30. The van der Waals surface area contributed by atoms with Gasteiger partial charge in [0.15, 0.2) is 5.69 Å². The first-order chi connectivity index (χ1) is 12.6. The molecule has 2 heterocycles. The Labute approximate surface area is 155 Å². The number of furan rings is 1. The van der Waals surface area contributed by atoms with Gasteiger partial charge in [0.1, 0.15) is 17.8 Å². The van der Waals surface area contributed by atoms with E-state index in [1.54, 1.807) is 6.92 Å². The van der Waals surface area contributed by atoms with Gasteiger partial charge < -0.3 is 9.15 Å². The Morgan fingerprint density at radius 1 is 1.27 bits per heavy atom. The van der Waals surface area contributed by atoms with Crippen molar-refractivity contribution in [2.75, 3.05) is 6.61 Å². The third kappa shape index (κ3) is 4.32. The molecule has 5 heteroatoms. The summed E-state index contributed by atoms with van der Waals surface area (Å²) in [7, 11) is 0. The smallest absolute Gasteiger partial charge is 0.357 e. The number of carbonyl (C=O) groups excluding carboxylic acids is 1. The molecule has 0 radical (unpaired) electrons. The van der Waals surface area contributed by atoms with Crippen molar-refractivity contribution < 1.29 is 13.9 Å². The summed E-state index contributed by atoms with van der Waals surface area (Å²) in [5, 5.41) is 0. The van der Waals surface area contributed by atoms with Crippen LogP contribution >= 0.6 is 0 Å². The normalized spacial score (nSPS) is 20.1. The van der Waals surface area contributed by atoms with Gasteiger partial charge in [0.25, 0.3) is 0 Å². The van der Waals surface area contributed by atoms with E-state index in [-0.39, 0.29) is 5.97 Å². The third-order valence-electron chi connectivity index (χ3n) is 5.39. The lowest BCUT2D eigenvalue weighted by atomic mass is 9.78. The van der Waals surface area contributed by atoms with Crippen LogP contribution in [0.15, 0.2) is 22.9 Å². The summed E-state index contributed by atoms with van der Waals surface area (Å²) in [5.74, 6) is 2.96. The molecule has 0 N–H and O–H groups in total. The minimum absolute atomic E-state index is 0.354. The first-order valence-electron chi connectivity index (χ1n) is 9.62. The zero-order valence-electron chi connectivity index (χ0n) is 16.0. The summed E-state index contributed by atoms with van der Waals surface area (Å²) < 4.78 is 10.9. The molecule has 26 heavy (non-hydrogen) atoms. The van der Waals surface area contributed by atoms with Crippen molar-refractivity contribution >= 4 is 5.97 Å².